The van der Waals surface area contributed by atoms with Crippen LogP contribution in [0.1, 0.15) is 5.56 Å². The van der Waals surface area contributed by atoms with Crippen molar-refractivity contribution in [3.63, 3.8) is 0 Å². The van der Waals surface area contributed by atoms with Gasteiger partial charge in [0.05, 0.1) is 11.4 Å². The summed E-state index contributed by atoms with van der Waals surface area (Å²) >= 11 is 1.85. The molecule has 198 valence electrons. The van der Waals surface area contributed by atoms with Gasteiger partial charge in [-0.25, -0.2) is 4.39 Å². The number of para-hydroxylation sites is 3. The first-order valence-corrected chi connectivity index (χ1v) is 15.1. The van der Waals surface area contributed by atoms with E-state index in [2.05, 4.69) is 114 Å². The third-order valence-electron chi connectivity index (χ3n) is 8.86. The molecule has 0 saturated carbocycles. The lowest BCUT2D eigenvalue weighted by Gasteiger charge is -2.44. The summed E-state index contributed by atoms with van der Waals surface area (Å²) in [6.07, 6.45) is 0. The Balaban J connectivity index is 1.37. The molecule has 0 aromatic heterocycles. The zero-order valence-corrected chi connectivity index (χ0v) is 23.7. The highest BCUT2D eigenvalue weighted by molar-refractivity contribution is 7.99. The maximum absolute atomic E-state index is 14.0. The van der Waals surface area contributed by atoms with Gasteiger partial charge in [0.2, 0.25) is 0 Å². The van der Waals surface area contributed by atoms with Crippen molar-refractivity contribution < 1.29 is 4.39 Å². The first-order valence-electron chi connectivity index (χ1n) is 14.3. The Morgan fingerprint density at radius 1 is 0.667 bits per heavy atom. The smallest absolute Gasteiger partial charge is 0.252 e. The SMILES string of the molecule is Cc1ccccc1-c1cccc2c1Nc1cc(-c3ccc(F)cc3)cc3c1B2c1cccc2c1N3c1ccccc1S2. The Hall–Kier alpha value is -4.74. The minimum atomic E-state index is -0.228. The molecule has 0 aliphatic carbocycles. The van der Waals surface area contributed by atoms with E-state index in [0.29, 0.717) is 0 Å². The number of halogens is 1. The summed E-state index contributed by atoms with van der Waals surface area (Å²) in [5.74, 6) is -0.228. The van der Waals surface area contributed by atoms with Gasteiger partial charge >= 0.3 is 0 Å². The van der Waals surface area contributed by atoms with E-state index < -0.39 is 0 Å². The molecule has 3 heterocycles. The van der Waals surface area contributed by atoms with Gasteiger partial charge in [-0.3, -0.25) is 0 Å². The molecule has 6 aromatic rings. The van der Waals surface area contributed by atoms with Crippen molar-refractivity contribution in [1.82, 2.24) is 0 Å². The summed E-state index contributed by atoms with van der Waals surface area (Å²) < 4.78 is 14.0. The monoisotopic (exact) mass is 558 g/mol. The second-order valence-corrected chi connectivity index (χ2v) is 12.3. The number of anilines is 5. The molecule has 9 rings (SSSR count). The minimum Gasteiger partial charge on any atom is -0.356 e. The second kappa shape index (κ2) is 8.88. The average Bonchev–Trinajstić information content (AvgIpc) is 3.02. The molecule has 0 bridgehead atoms. The fourth-order valence-electron chi connectivity index (χ4n) is 7.01. The van der Waals surface area contributed by atoms with E-state index in [1.807, 2.05) is 23.9 Å². The fourth-order valence-corrected chi connectivity index (χ4v) is 8.11. The summed E-state index contributed by atoms with van der Waals surface area (Å²) in [5.41, 5.74) is 15.5. The van der Waals surface area contributed by atoms with Crippen LogP contribution in [0.25, 0.3) is 22.3 Å². The van der Waals surface area contributed by atoms with Crippen molar-refractivity contribution in [3.8, 4) is 22.3 Å². The van der Waals surface area contributed by atoms with Crippen LogP contribution in [0, 0.1) is 12.7 Å². The van der Waals surface area contributed by atoms with Crippen molar-refractivity contribution in [2.24, 2.45) is 0 Å². The van der Waals surface area contributed by atoms with Crippen molar-refractivity contribution >= 4 is 63.3 Å². The van der Waals surface area contributed by atoms with Crippen LogP contribution in [0.5, 0.6) is 0 Å². The van der Waals surface area contributed by atoms with Crippen molar-refractivity contribution in [2.75, 3.05) is 10.2 Å². The Labute approximate surface area is 248 Å². The maximum Gasteiger partial charge on any atom is 0.252 e. The minimum absolute atomic E-state index is 0.0783. The van der Waals surface area contributed by atoms with Crippen LogP contribution in [-0.4, -0.2) is 6.71 Å². The van der Waals surface area contributed by atoms with Gasteiger partial charge in [0.25, 0.3) is 6.71 Å². The summed E-state index contributed by atoms with van der Waals surface area (Å²) in [6, 6.07) is 42.1. The quantitative estimate of drug-likeness (QED) is 0.215. The fraction of sp³-hybridized carbons (Fsp3) is 0.0270. The zero-order chi connectivity index (χ0) is 27.9. The normalized spacial score (nSPS) is 13.5. The molecule has 0 spiro atoms. The molecule has 0 fully saturated rings. The number of hydrogen-bond donors (Lipinski definition) is 1. The highest BCUT2D eigenvalue weighted by atomic mass is 32.2. The van der Waals surface area contributed by atoms with Crippen LogP contribution < -0.4 is 26.6 Å². The van der Waals surface area contributed by atoms with Crippen molar-refractivity contribution in [3.05, 3.63) is 133 Å². The Morgan fingerprint density at radius 2 is 1.40 bits per heavy atom. The van der Waals surface area contributed by atoms with Gasteiger partial charge in [0.15, 0.2) is 0 Å². The molecule has 5 heteroatoms. The van der Waals surface area contributed by atoms with Crippen molar-refractivity contribution in [1.29, 1.82) is 0 Å². The van der Waals surface area contributed by atoms with Crippen LogP contribution in [0.15, 0.2) is 131 Å². The van der Waals surface area contributed by atoms with E-state index in [9.17, 15) is 4.39 Å². The maximum atomic E-state index is 14.0. The molecule has 0 amide bonds. The van der Waals surface area contributed by atoms with E-state index in [0.717, 1.165) is 22.5 Å². The molecule has 0 saturated heterocycles. The molecule has 0 unspecified atom stereocenters. The van der Waals surface area contributed by atoms with Crippen LogP contribution in [0.4, 0.5) is 32.8 Å². The largest absolute Gasteiger partial charge is 0.356 e. The predicted octanol–water partition coefficient (Wildman–Crippen LogP) is 8.29. The van der Waals surface area contributed by atoms with Gasteiger partial charge in [0, 0.05) is 32.4 Å². The lowest BCUT2D eigenvalue weighted by molar-refractivity contribution is 0.628. The first kappa shape index (κ1) is 23.9. The molecular formula is C37H24BFN2S. The third-order valence-corrected chi connectivity index (χ3v) is 9.97. The standard InChI is InChI=1S/C37H24BFN2S/c1-22-8-2-3-9-26(22)27-10-6-11-28-36(27)40-30-20-24(23-16-18-25(39)19-17-23)21-32-35(30)38(28)29-12-7-15-34-37(29)41(32)31-13-4-5-14-33(31)42-34/h2-21,40H,1H3. The summed E-state index contributed by atoms with van der Waals surface area (Å²) in [7, 11) is 0. The molecule has 3 aliphatic heterocycles. The van der Waals surface area contributed by atoms with E-state index in [-0.39, 0.29) is 12.5 Å². The van der Waals surface area contributed by atoms with E-state index in [1.54, 1.807) is 12.1 Å². The van der Waals surface area contributed by atoms with Gasteiger partial charge < -0.3 is 10.2 Å². The van der Waals surface area contributed by atoms with E-state index >= 15 is 0 Å². The van der Waals surface area contributed by atoms with Gasteiger partial charge in [-0.2, -0.15) is 0 Å². The molecule has 0 atom stereocenters. The number of aryl methyl sites for hydroxylation is 1. The molecule has 3 aliphatic rings. The Morgan fingerprint density at radius 3 is 2.29 bits per heavy atom. The molecule has 0 radical (unpaired) electrons. The zero-order valence-electron chi connectivity index (χ0n) is 22.9. The Kier molecular flexibility index (Phi) is 5.06. The number of fused-ring (bicyclic) bond motifs is 6. The summed E-state index contributed by atoms with van der Waals surface area (Å²) in [4.78, 5) is 4.96. The number of nitrogens with one attached hydrogen (secondary N) is 1. The van der Waals surface area contributed by atoms with E-state index in [1.165, 1.54) is 59.9 Å². The van der Waals surface area contributed by atoms with Crippen LogP contribution >= 0.6 is 11.8 Å². The number of rotatable bonds is 2. The molecule has 2 nitrogen and oxygen atoms in total. The number of benzene rings is 6. The lowest BCUT2D eigenvalue weighted by Crippen LogP contribution is -2.60. The molecule has 1 N–H and O–H groups in total. The molecular weight excluding hydrogens is 534 g/mol. The average molecular weight is 558 g/mol. The van der Waals surface area contributed by atoms with Gasteiger partial charge in [-0.15, -0.1) is 0 Å². The topological polar surface area (TPSA) is 15.3 Å². The van der Waals surface area contributed by atoms with Gasteiger partial charge in [-0.05, 0) is 88.0 Å². The van der Waals surface area contributed by atoms with Crippen LogP contribution in [-0.2, 0) is 0 Å². The first-order chi connectivity index (χ1) is 20.7. The second-order valence-electron chi connectivity index (χ2n) is 11.2. The number of nitrogens with zero attached hydrogens (tertiary/aromatic N) is 1. The summed E-state index contributed by atoms with van der Waals surface area (Å²) in [5, 5.41) is 3.92. The third kappa shape index (κ3) is 3.34. The predicted molar refractivity (Wildman–Crippen MR) is 175 cm³/mol. The highest BCUT2D eigenvalue weighted by Gasteiger charge is 2.44. The molecule has 6 aromatic carbocycles. The van der Waals surface area contributed by atoms with Crippen LogP contribution in [0.2, 0.25) is 0 Å². The van der Waals surface area contributed by atoms with Crippen LogP contribution in [0.3, 0.4) is 0 Å². The Bertz CT molecular complexity index is 2090. The van der Waals surface area contributed by atoms with Gasteiger partial charge in [0.1, 0.15) is 5.82 Å². The van der Waals surface area contributed by atoms with E-state index in [4.69, 9.17) is 0 Å². The van der Waals surface area contributed by atoms with Gasteiger partial charge in [-0.1, -0.05) is 90.6 Å². The van der Waals surface area contributed by atoms with Crippen molar-refractivity contribution in [2.45, 2.75) is 16.7 Å². The number of hydrogen-bond acceptors (Lipinski definition) is 3. The lowest BCUT2D eigenvalue weighted by atomic mass is 9.33. The summed E-state index contributed by atoms with van der Waals surface area (Å²) in [6.45, 7) is 2.26. The molecule has 42 heavy (non-hydrogen) atoms. The highest BCUT2D eigenvalue weighted by Crippen LogP contribution is 2.53.